The van der Waals surface area contributed by atoms with Crippen molar-refractivity contribution in [1.82, 2.24) is 4.31 Å². The summed E-state index contributed by atoms with van der Waals surface area (Å²) in [6.45, 7) is 3.72. The molecule has 0 saturated carbocycles. The van der Waals surface area contributed by atoms with Gasteiger partial charge in [-0.25, -0.2) is 8.42 Å². The number of hydrogen-bond acceptors (Lipinski definition) is 2. The fourth-order valence-corrected chi connectivity index (χ4v) is 3.23. The van der Waals surface area contributed by atoms with E-state index in [9.17, 15) is 8.42 Å². The van der Waals surface area contributed by atoms with Crippen LogP contribution in [0.15, 0.2) is 24.3 Å². The molecule has 0 aromatic heterocycles. The maximum atomic E-state index is 11.9. The number of halogens is 1. The minimum absolute atomic E-state index is 0.175. The first kappa shape index (κ1) is 14.5. The minimum atomic E-state index is -3.18. The third kappa shape index (κ3) is 3.69. The van der Waals surface area contributed by atoms with Gasteiger partial charge in [-0.15, -0.1) is 0 Å². The van der Waals surface area contributed by atoms with Crippen LogP contribution in [0.25, 0.3) is 0 Å². The third-order valence-corrected chi connectivity index (χ3v) is 5.13. The van der Waals surface area contributed by atoms with Gasteiger partial charge in [-0.3, -0.25) is 0 Å². The molecule has 0 aliphatic carbocycles. The summed E-state index contributed by atoms with van der Waals surface area (Å²) in [5.41, 5.74) is 0.902. The van der Waals surface area contributed by atoms with E-state index in [-0.39, 0.29) is 11.8 Å². The highest BCUT2D eigenvalue weighted by Crippen LogP contribution is 2.24. The zero-order valence-corrected chi connectivity index (χ0v) is 11.9. The molecule has 0 aliphatic heterocycles. The highest BCUT2D eigenvalue weighted by atomic mass is 35.5. The molecule has 0 spiro atoms. The van der Waals surface area contributed by atoms with E-state index in [1.165, 1.54) is 4.31 Å². The summed E-state index contributed by atoms with van der Waals surface area (Å²) >= 11 is 5.90. The van der Waals surface area contributed by atoms with Crippen molar-refractivity contribution in [1.29, 1.82) is 0 Å². The predicted octanol–water partition coefficient (Wildman–Crippen LogP) is 3.07. The van der Waals surface area contributed by atoms with Gasteiger partial charge in [-0.1, -0.05) is 30.7 Å². The molecule has 0 amide bonds. The van der Waals surface area contributed by atoms with Crippen LogP contribution in [0.3, 0.4) is 0 Å². The van der Waals surface area contributed by atoms with Crippen molar-refractivity contribution in [3.63, 3.8) is 0 Å². The Bertz CT molecular complexity index is 473. The second-order valence-corrected chi connectivity index (χ2v) is 6.65. The van der Waals surface area contributed by atoms with E-state index in [0.717, 1.165) is 5.56 Å². The first-order valence-corrected chi connectivity index (χ1v) is 7.58. The summed E-state index contributed by atoms with van der Waals surface area (Å²) in [6, 6.07) is 7.08. The van der Waals surface area contributed by atoms with Crippen LogP contribution in [0.2, 0.25) is 5.02 Å². The van der Waals surface area contributed by atoms with Crippen LogP contribution in [0, 0.1) is 0 Å². The van der Waals surface area contributed by atoms with E-state index in [4.69, 9.17) is 11.6 Å². The molecule has 0 bridgehead atoms. The molecule has 3 nitrogen and oxygen atoms in total. The molecule has 1 rings (SSSR count). The minimum Gasteiger partial charge on any atom is -0.212 e. The molecule has 0 heterocycles. The molecule has 0 saturated heterocycles. The number of hydrogen-bond donors (Lipinski definition) is 0. The first-order valence-electron chi connectivity index (χ1n) is 5.59. The van der Waals surface area contributed by atoms with Gasteiger partial charge in [0.2, 0.25) is 10.0 Å². The summed E-state index contributed by atoms with van der Waals surface area (Å²) in [5, 5.41) is 0.621. The molecule has 5 heteroatoms. The Morgan fingerprint density at radius 2 is 2.06 bits per heavy atom. The summed E-state index contributed by atoms with van der Waals surface area (Å²) in [4.78, 5) is 0. The van der Waals surface area contributed by atoms with E-state index in [0.29, 0.717) is 11.4 Å². The SMILES string of the molecule is CCCS(=O)(=O)N(C)C(C)c1cccc(Cl)c1. The van der Waals surface area contributed by atoms with E-state index in [1.54, 1.807) is 19.2 Å². The van der Waals surface area contributed by atoms with Gasteiger partial charge in [0.15, 0.2) is 0 Å². The zero-order chi connectivity index (χ0) is 13.1. The summed E-state index contributed by atoms with van der Waals surface area (Å²) in [7, 11) is -1.57. The van der Waals surface area contributed by atoms with Crippen LogP contribution in [0.4, 0.5) is 0 Å². The number of rotatable bonds is 5. The van der Waals surface area contributed by atoms with Crippen molar-refractivity contribution < 1.29 is 8.42 Å². The number of benzene rings is 1. The number of nitrogens with zero attached hydrogens (tertiary/aromatic N) is 1. The molecule has 0 radical (unpaired) electrons. The van der Waals surface area contributed by atoms with E-state index >= 15 is 0 Å². The topological polar surface area (TPSA) is 37.4 Å². The van der Waals surface area contributed by atoms with E-state index in [1.807, 2.05) is 26.0 Å². The van der Waals surface area contributed by atoms with Crippen molar-refractivity contribution in [3.8, 4) is 0 Å². The van der Waals surface area contributed by atoms with E-state index < -0.39 is 10.0 Å². The maximum absolute atomic E-state index is 11.9. The molecule has 0 fully saturated rings. The van der Waals surface area contributed by atoms with Crippen LogP contribution in [-0.2, 0) is 10.0 Å². The molecular weight excluding hydrogens is 258 g/mol. The van der Waals surface area contributed by atoms with Crippen LogP contribution >= 0.6 is 11.6 Å². The lowest BCUT2D eigenvalue weighted by Crippen LogP contribution is -2.31. The van der Waals surface area contributed by atoms with Crippen molar-refractivity contribution in [2.24, 2.45) is 0 Å². The smallest absolute Gasteiger partial charge is 0.212 e. The fourth-order valence-electron chi connectivity index (χ4n) is 1.62. The quantitative estimate of drug-likeness (QED) is 0.828. The molecule has 0 aliphatic rings. The molecule has 1 aromatic rings. The van der Waals surface area contributed by atoms with Crippen LogP contribution in [-0.4, -0.2) is 25.5 Å². The standard InChI is InChI=1S/C12H18ClNO2S/c1-4-8-17(15,16)14(3)10(2)11-6-5-7-12(13)9-11/h5-7,9-10H,4,8H2,1-3H3. The average molecular weight is 276 g/mol. The first-order chi connectivity index (χ1) is 7.88. The molecule has 1 aromatic carbocycles. The Balaban J connectivity index is 2.94. The van der Waals surface area contributed by atoms with Crippen molar-refractivity contribution in [2.45, 2.75) is 26.3 Å². The molecular formula is C12H18ClNO2S. The van der Waals surface area contributed by atoms with Gasteiger partial charge in [0.1, 0.15) is 0 Å². The lowest BCUT2D eigenvalue weighted by atomic mass is 10.1. The third-order valence-electron chi connectivity index (χ3n) is 2.78. The van der Waals surface area contributed by atoms with Gasteiger partial charge in [0.05, 0.1) is 5.75 Å². The van der Waals surface area contributed by atoms with Crippen molar-refractivity contribution >= 4 is 21.6 Å². The Morgan fingerprint density at radius 1 is 1.41 bits per heavy atom. The second-order valence-electron chi connectivity index (χ2n) is 4.06. The van der Waals surface area contributed by atoms with Gasteiger partial charge in [-0.05, 0) is 31.0 Å². The van der Waals surface area contributed by atoms with Crippen molar-refractivity contribution in [2.75, 3.05) is 12.8 Å². The lowest BCUT2D eigenvalue weighted by Gasteiger charge is -2.24. The van der Waals surface area contributed by atoms with Crippen molar-refractivity contribution in [3.05, 3.63) is 34.9 Å². The molecule has 1 unspecified atom stereocenters. The highest BCUT2D eigenvalue weighted by Gasteiger charge is 2.23. The molecule has 96 valence electrons. The van der Waals surface area contributed by atoms with Crippen LogP contribution < -0.4 is 0 Å². The van der Waals surface area contributed by atoms with Crippen LogP contribution in [0.5, 0.6) is 0 Å². The Morgan fingerprint density at radius 3 is 2.59 bits per heavy atom. The van der Waals surface area contributed by atoms with Gasteiger partial charge in [0, 0.05) is 18.1 Å². The normalized spacial score (nSPS) is 13.9. The zero-order valence-electron chi connectivity index (χ0n) is 10.4. The Hall–Kier alpha value is -0.580. The predicted molar refractivity (Wildman–Crippen MR) is 71.7 cm³/mol. The monoisotopic (exact) mass is 275 g/mol. The summed E-state index contributed by atoms with van der Waals surface area (Å²) < 4.78 is 25.3. The highest BCUT2D eigenvalue weighted by molar-refractivity contribution is 7.89. The van der Waals surface area contributed by atoms with Gasteiger partial charge in [0.25, 0.3) is 0 Å². The maximum Gasteiger partial charge on any atom is 0.214 e. The summed E-state index contributed by atoms with van der Waals surface area (Å²) in [5.74, 6) is 0.175. The van der Waals surface area contributed by atoms with E-state index in [2.05, 4.69) is 0 Å². The van der Waals surface area contributed by atoms with Gasteiger partial charge in [-0.2, -0.15) is 4.31 Å². The molecule has 17 heavy (non-hydrogen) atoms. The Labute approximate surface area is 108 Å². The average Bonchev–Trinajstić information content (AvgIpc) is 2.27. The Kier molecular flexibility index (Phi) is 4.98. The van der Waals surface area contributed by atoms with Gasteiger partial charge < -0.3 is 0 Å². The molecule has 0 N–H and O–H groups in total. The largest absolute Gasteiger partial charge is 0.214 e. The fraction of sp³-hybridized carbons (Fsp3) is 0.500. The van der Waals surface area contributed by atoms with Crippen LogP contribution in [0.1, 0.15) is 31.9 Å². The lowest BCUT2D eigenvalue weighted by molar-refractivity contribution is 0.398. The van der Waals surface area contributed by atoms with Gasteiger partial charge >= 0.3 is 0 Å². The molecule has 1 atom stereocenters. The number of sulfonamides is 1. The summed E-state index contributed by atoms with van der Waals surface area (Å²) in [6.07, 6.45) is 0.620. The second kappa shape index (κ2) is 5.85.